The molecule has 0 aliphatic carbocycles. The Morgan fingerprint density at radius 1 is 1.07 bits per heavy atom. The average molecular weight is 392 g/mol. The number of fused-ring (bicyclic) bond motifs is 1. The lowest BCUT2D eigenvalue weighted by atomic mass is 9.99. The summed E-state index contributed by atoms with van der Waals surface area (Å²) in [7, 11) is 0. The predicted octanol–water partition coefficient (Wildman–Crippen LogP) is 5.62. The van der Waals surface area contributed by atoms with Crippen LogP contribution in [0.5, 0.6) is 0 Å². The Morgan fingerprint density at radius 3 is 2.31 bits per heavy atom. The van der Waals surface area contributed by atoms with E-state index in [1.165, 1.54) is 22.3 Å². The Hall–Kier alpha value is -2.62. The number of rotatable bonds is 7. The van der Waals surface area contributed by atoms with Gasteiger partial charge in [-0.15, -0.1) is 0 Å². The molecule has 154 valence electrons. The normalized spacial score (nSPS) is 12.5. The molecule has 0 aliphatic rings. The first-order chi connectivity index (χ1) is 13.8. The number of imidazole rings is 1. The van der Waals surface area contributed by atoms with Crippen LogP contribution in [0.3, 0.4) is 0 Å². The summed E-state index contributed by atoms with van der Waals surface area (Å²) in [4.78, 5) is 17.6. The lowest BCUT2D eigenvalue weighted by Crippen LogP contribution is -2.33. The molecule has 3 aromatic rings. The Bertz CT molecular complexity index is 991. The lowest BCUT2D eigenvalue weighted by molar-refractivity contribution is -0.125. The van der Waals surface area contributed by atoms with Crippen LogP contribution in [0.2, 0.25) is 0 Å². The largest absolute Gasteiger partial charge is 0.346 e. The third kappa shape index (κ3) is 4.36. The van der Waals surface area contributed by atoms with Crippen LogP contribution in [0.1, 0.15) is 67.7 Å². The van der Waals surface area contributed by atoms with E-state index in [2.05, 4.69) is 62.7 Å². The molecular weight excluding hydrogens is 358 g/mol. The molecule has 1 amide bonds. The number of carbonyl (C=O) groups is 1. The van der Waals surface area contributed by atoms with Gasteiger partial charge in [0.15, 0.2) is 0 Å². The van der Waals surface area contributed by atoms with E-state index in [4.69, 9.17) is 4.98 Å². The van der Waals surface area contributed by atoms with E-state index in [-0.39, 0.29) is 17.9 Å². The molecule has 3 rings (SSSR count). The molecule has 2 aromatic carbocycles. The van der Waals surface area contributed by atoms with Gasteiger partial charge in [-0.2, -0.15) is 0 Å². The molecule has 29 heavy (non-hydrogen) atoms. The maximum Gasteiger partial charge on any atom is 0.223 e. The van der Waals surface area contributed by atoms with Crippen molar-refractivity contribution in [3.8, 4) is 0 Å². The lowest BCUT2D eigenvalue weighted by Gasteiger charge is -2.20. The zero-order valence-corrected chi connectivity index (χ0v) is 18.5. The second kappa shape index (κ2) is 8.81. The van der Waals surface area contributed by atoms with Crippen LogP contribution >= 0.6 is 0 Å². The summed E-state index contributed by atoms with van der Waals surface area (Å²) < 4.78 is 2.26. The predicted molar refractivity (Wildman–Crippen MR) is 120 cm³/mol. The highest BCUT2D eigenvalue weighted by atomic mass is 16.1. The Labute approximate surface area is 174 Å². The Morgan fingerprint density at radius 2 is 1.69 bits per heavy atom. The van der Waals surface area contributed by atoms with Gasteiger partial charge in [-0.05, 0) is 69.4 Å². The van der Waals surface area contributed by atoms with Gasteiger partial charge in [0.2, 0.25) is 5.91 Å². The third-order valence-electron chi connectivity index (χ3n) is 5.94. The van der Waals surface area contributed by atoms with Crippen molar-refractivity contribution < 1.29 is 4.79 Å². The summed E-state index contributed by atoms with van der Waals surface area (Å²) in [6, 6.07) is 12.5. The highest BCUT2D eigenvalue weighted by Gasteiger charge is 2.22. The van der Waals surface area contributed by atoms with Crippen molar-refractivity contribution in [2.45, 2.75) is 67.0 Å². The van der Waals surface area contributed by atoms with Gasteiger partial charge in [-0.3, -0.25) is 4.79 Å². The topological polar surface area (TPSA) is 46.9 Å². The molecule has 4 heteroatoms. The molecule has 1 atom stereocenters. The molecule has 0 spiro atoms. The number of para-hydroxylation sites is 2. The number of nitrogens with zero attached hydrogens (tertiary/aromatic N) is 2. The molecule has 0 saturated heterocycles. The molecule has 0 radical (unpaired) electrons. The number of aryl methyl sites for hydroxylation is 3. The summed E-state index contributed by atoms with van der Waals surface area (Å²) >= 11 is 0. The van der Waals surface area contributed by atoms with Crippen molar-refractivity contribution in [2.24, 2.45) is 5.92 Å². The number of aromatic nitrogens is 2. The second-order valence-electron chi connectivity index (χ2n) is 8.17. The monoisotopic (exact) mass is 391 g/mol. The van der Waals surface area contributed by atoms with E-state index in [9.17, 15) is 4.79 Å². The fourth-order valence-corrected chi connectivity index (χ4v) is 4.26. The first kappa shape index (κ1) is 21.1. The van der Waals surface area contributed by atoms with Crippen LogP contribution in [0.15, 0.2) is 36.4 Å². The molecule has 0 saturated carbocycles. The number of amides is 1. The van der Waals surface area contributed by atoms with E-state index in [0.29, 0.717) is 0 Å². The van der Waals surface area contributed by atoms with Crippen LogP contribution in [0, 0.1) is 26.7 Å². The van der Waals surface area contributed by atoms with Crippen LogP contribution in [0.4, 0.5) is 0 Å². The van der Waals surface area contributed by atoms with E-state index < -0.39 is 0 Å². The smallest absolute Gasteiger partial charge is 0.223 e. The van der Waals surface area contributed by atoms with E-state index in [0.717, 1.165) is 36.2 Å². The van der Waals surface area contributed by atoms with Gasteiger partial charge < -0.3 is 9.88 Å². The molecule has 0 aliphatic heterocycles. The van der Waals surface area contributed by atoms with Crippen LogP contribution in [-0.4, -0.2) is 15.5 Å². The standard InChI is InChI=1S/C25H33N3O/c1-7-20(8-2)25(29)26-19(6)24-27-22-11-9-10-12-23(22)28(24)15-21-17(4)13-16(3)14-18(21)5/h9-14,19-20H,7-8,15H2,1-6H3,(H,26,29). The number of benzene rings is 2. The number of hydrogen-bond donors (Lipinski definition) is 1. The minimum Gasteiger partial charge on any atom is -0.346 e. The van der Waals surface area contributed by atoms with Gasteiger partial charge in [0, 0.05) is 12.5 Å². The summed E-state index contributed by atoms with van der Waals surface area (Å²) in [5.74, 6) is 1.07. The fourth-order valence-electron chi connectivity index (χ4n) is 4.26. The number of carbonyl (C=O) groups excluding carboxylic acids is 1. The number of hydrogen-bond acceptors (Lipinski definition) is 2. The van der Waals surface area contributed by atoms with Crippen molar-refractivity contribution in [3.63, 3.8) is 0 Å². The maximum atomic E-state index is 12.7. The minimum absolute atomic E-state index is 0.0527. The van der Waals surface area contributed by atoms with E-state index >= 15 is 0 Å². The molecule has 1 heterocycles. The average Bonchev–Trinajstić information content (AvgIpc) is 3.04. The second-order valence-corrected chi connectivity index (χ2v) is 8.17. The summed E-state index contributed by atoms with van der Waals surface area (Å²) in [5, 5.41) is 3.20. The van der Waals surface area contributed by atoms with Gasteiger partial charge in [-0.25, -0.2) is 4.98 Å². The zero-order chi connectivity index (χ0) is 21.1. The van der Waals surface area contributed by atoms with Crippen molar-refractivity contribution in [2.75, 3.05) is 0 Å². The molecule has 4 nitrogen and oxygen atoms in total. The summed E-state index contributed by atoms with van der Waals surface area (Å²) in [5.41, 5.74) is 7.25. The molecule has 0 bridgehead atoms. The highest BCUT2D eigenvalue weighted by molar-refractivity contribution is 5.79. The first-order valence-electron chi connectivity index (χ1n) is 10.7. The minimum atomic E-state index is -0.151. The molecule has 1 unspecified atom stereocenters. The molecule has 0 fully saturated rings. The van der Waals surface area contributed by atoms with Crippen LogP contribution in [0.25, 0.3) is 11.0 Å². The zero-order valence-electron chi connectivity index (χ0n) is 18.5. The highest BCUT2D eigenvalue weighted by Crippen LogP contribution is 2.25. The molecule has 1 N–H and O–H groups in total. The summed E-state index contributed by atoms with van der Waals surface area (Å²) in [6.45, 7) is 13.4. The maximum absolute atomic E-state index is 12.7. The van der Waals surface area contributed by atoms with Crippen LogP contribution in [-0.2, 0) is 11.3 Å². The quantitative estimate of drug-likeness (QED) is 0.568. The Kier molecular flexibility index (Phi) is 6.41. The van der Waals surface area contributed by atoms with Gasteiger partial charge in [0.1, 0.15) is 5.82 Å². The molecule has 1 aromatic heterocycles. The van der Waals surface area contributed by atoms with Crippen molar-refractivity contribution in [1.29, 1.82) is 0 Å². The van der Waals surface area contributed by atoms with Gasteiger partial charge in [-0.1, -0.05) is 43.7 Å². The fraction of sp³-hybridized carbons (Fsp3) is 0.440. The third-order valence-corrected chi connectivity index (χ3v) is 5.94. The summed E-state index contributed by atoms with van der Waals surface area (Å²) in [6.07, 6.45) is 1.71. The van der Waals surface area contributed by atoms with Gasteiger partial charge >= 0.3 is 0 Å². The SMILES string of the molecule is CCC(CC)C(=O)NC(C)c1nc2ccccc2n1Cc1c(C)cc(C)cc1C. The van der Waals surface area contributed by atoms with Crippen molar-refractivity contribution in [3.05, 3.63) is 64.5 Å². The van der Waals surface area contributed by atoms with Gasteiger partial charge in [0.05, 0.1) is 17.1 Å². The molecular formula is C25H33N3O. The Balaban J connectivity index is 2.02. The van der Waals surface area contributed by atoms with Crippen molar-refractivity contribution >= 4 is 16.9 Å². The van der Waals surface area contributed by atoms with Gasteiger partial charge in [0.25, 0.3) is 0 Å². The van der Waals surface area contributed by atoms with Crippen molar-refractivity contribution in [1.82, 2.24) is 14.9 Å². The number of nitrogens with one attached hydrogen (secondary N) is 1. The van der Waals surface area contributed by atoms with E-state index in [1.54, 1.807) is 0 Å². The first-order valence-corrected chi connectivity index (χ1v) is 10.7. The van der Waals surface area contributed by atoms with E-state index in [1.807, 2.05) is 25.1 Å². The van der Waals surface area contributed by atoms with Crippen LogP contribution < -0.4 is 5.32 Å².